The molecule has 0 aliphatic heterocycles. The molecule has 0 unspecified atom stereocenters. The first-order valence-electron chi connectivity index (χ1n) is 6.62. The molecule has 0 fully saturated rings. The van der Waals surface area contributed by atoms with Gasteiger partial charge in [0.05, 0.1) is 11.1 Å². The predicted octanol–water partition coefficient (Wildman–Crippen LogP) is 5.36. The Morgan fingerprint density at radius 2 is 1.09 bits per heavy atom. The van der Waals surface area contributed by atoms with Gasteiger partial charge in [0, 0.05) is 19.3 Å². The molecule has 0 heterocycles. The number of halogens is 6. The van der Waals surface area contributed by atoms with Gasteiger partial charge in [-0.2, -0.15) is 26.3 Å². The van der Waals surface area contributed by atoms with E-state index in [9.17, 15) is 26.3 Å². The summed E-state index contributed by atoms with van der Waals surface area (Å²) in [5.74, 6) is 0. The summed E-state index contributed by atoms with van der Waals surface area (Å²) in [4.78, 5) is 1.66. The summed E-state index contributed by atoms with van der Waals surface area (Å²) in [6.07, 6.45) is -8.79. The van der Waals surface area contributed by atoms with Gasteiger partial charge in [-0.05, 0) is 42.0 Å². The minimum atomic E-state index is -4.40. The van der Waals surface area contributed by atoms with Gasteiger partial charge in [0.25, 0.3) is 0 Å². The van der Waals surface area contributed by atoms with Crippen molar-refractivity contribution in [3.8, 4) is 0 Å². The van der Waals surface area contributed by atoms with Crippen molar-refractivity contribution in [2.24, 2.45) is 0 Å². The van der Waals surface area contributed by atoms with E-state index in [-0.39, 0.29) is 6.54 Å². The number of alkyl halides is 6. The lowest BCUT2D eigenvalue weighted by molar-refractivity contribution is -0.138. The van der Waals surface area contributed by atoms with Crippen molar-refractivity contribution in [1.29, 1.82) is 0 Å². The van der Waals surface area contributed by atoms with Gasteiger partial charge in [0.1, 0.15) is 0 Å². The van der Waals surface area contributed by atoms with Gasteiger partial charge < -0.3 is 4.90 Å². The van der Waals surface area contributed by atoms with Crippen LogP contribution in [0.25, 0.3) is 0 Å². The van der Waals surface area contributed by atoms with Gasteiger partial charge in [-0.25, -0.2) is 0 Å². The molecule has 2 rings (SSSR count). The van der Waals surface area contributed by atoms with Crippen LogP contribution in [-0.4, -0.2) is 7.05 Å². The highest BCUT2D eigenvalue weighted by Crippen LogP contribution is 2.31. The second kappa shape index (κ2) is 6.14. The Balaban J connectivity index is 2.08. The van der Waals surface area contributed by atoms with E-state index < -0.39 is 23.5 Å². The lowest BCUT2D eigenvalue weighted by Crippen LogP contribution is -2.17. The lowest BCUT2D eigenvalue weighted by Gasteiger charge is -2.20. The zero-order valence-corrected chi connectivity index (χ0v) is 12.0. The second-order valence-electron chi connectivity index (χ2n) is 5.10. The van der Waals surface area contributed by atoms with E-state index >= 15 is 0 Å². The normalized spacial score (nSPS) is 12.3. The van der Waals surface area contributed by atoms with Crippen molar-refractivity contribution in [2.75, 3.05) is 11.9 Å². The third-order valence-corrected chi connectivity index (χ3v) is 3.34. The van der Waals surface area contributed by atoms with Gasteiger partial charge in [0.15, 0.2) is 0 Å². The summed E-state index contributed by atoms with van der Waals surface area (Å²) in [5.41, 5.74) is -0.319. The maximum absolute atomic E-state index is 12.5. The molecule has 0 radical (unpaired) electrons. The number of hydrogen-bond donors (Lipinski definition) is 0. The molecule has 0 aromatic heterocycles. The molecule has 0 atom stereocenters. The Kier molecular flexibility index (Phi) is 4.58. The first kappa shape index (κ1) is 17.2. The summed E-state index contributed by atoms with van der Waals surface area (Å²) in [7, 11) is 1.65. The SMILES string of the molecule is CN(Cc1ccc(C(F)(F)F)cc1)c1ccc(C(F)(F)F)cc1. The van der Waals surface area contributed by atoms with Gasteiger partial charge in [0.2, 0.25) is 0 Å². The van der Waals surface area contributed by atoms with Crippen LogP contribution >= 0.6 is 0 Å². The standard InChI is InChI=1S/C16H13F6N/c1-23(14-8-6-13(7-9-14)16(20,21)22)10-11-2-4-12(5-3-11)15(17,18)19/h2-9H,10H2,1H3. The minimum Gasteiger partial charge on any atom is -0.370 e. The molecule has 0 spiro atoms. The summed E-state index contributed by atoms with van der Waals surface area (Å²) in [5, 5.41) is 0. The molecule has 0 N–H and O–H groups in total. The molecule has 0 aliphatic carbocycles. The molecule has 0 saturated heterocycles. The molecule has 7 heteroatoms. The highest BCUT2D eigenvalue weighted by molar-refractivity contribution is 5.48. The molecule has 2 aromatic carbocycles. The Morgan fingerprint density at radius 1 is 0.696 bits per heavy atom. The summed E-state index contributed by atoms with van der Waals surface area (Å²) in [6, 6.07) is 9.26. The maximum atomic E-state index is 12.5. The monoisotopic (exact) mass is 333 g/mol. The van der Waals surface area contributed by atoms with Crippen molar-refractivity contribution in [1.82, 2.24) is 0 Å². The Bertz CT molecular complexity index is 640. The van der Waals surface area contributed by atoms with Gasteiger partial charge >= 0.3 is 12.4 Å². The van der Waals surface area contributed by atoms with Gasteiger partial charge in [-0.3, -0.25) is 0 Å². The topological polar surface area (TPSA) is 3.24 Å². The molecular weight excluding hydrogens is 320 g/mol. The highest BCUT2D eigenvalue weighted by atomic mass is 19.4. The average Bonchev–Trinajstić information content (AvgIpc) is 2.46. The first-order valence-corrected chi connectivity index (χ1v) is 6.62. The summed E-state index contributed by atoms with van der Waals surface area (Å²) < 4.78 is 74.9. The first-order chi connectivity index (χ1) is 10.6. The van der Waals surface area contributed by atoms with Crippen LogP contribution in [-0.2, 0) is 18.9 Å². The minimum absolute atomic E-state index is 0.281. The third-order valence-electron chi connectivity index (χ3n) is 3.34. The number of hydrogen-bond acceptors (Lipinski definition) is 1. The smallest absolute Gasteiger partial charge is 0.370 e. The largest absolute Gasteiger partial charge is 0.416 e. The summed E-state index contributed by atoms with van der Waals surface area (Å²) >= 11 is 0. The second-order valence-corrected chi connectivity index (χ2v) is 5.10. The van der Waals surface area contributed by atoms with Crippen LogP contribution < -0.4 is 4.90 Å². The van der Waals surface area contributed by atoms with Crippen molar-refractivity contribution < 1.29 is 26.3 Å². The quantitative estimate of drug-likeness (QED) is 0.684. The van der Waals surface area contributed by atoms with E-state index in [4.69, 9.17) is 0 Å². The van der Waals surface area contributed by atoms with Gasteiger partial charge in [-0.15, -0.1) is 0 Å². The average molecular weight is 333 g/mol. The zero-order valence-electron chi connectivity index (χ0n) is 12.0. The third kappa shape index (κ3) is 4.40. The Hall–Kier alpha value is -2.18. The maximum Gasteiger partial charge on any atom is 0.416 e. The fourth-order valence-corrected chi connectivity index (χ4v) is 2.07. The molecule has 23 heavy (non-hydrogen) atoms. The van der Waals surface area contributed by atoms with E-state index in [0.29, 0.717) is 11.3 Å². The number of rotatable bonds is 3. The van der Waals surface area contributed by atoms with E-state index in [1.807, 2.05) is 0 Å². The number of benzene rings is 2. The molecule has 0 amide bonds. The van der Waals surface area contributed by atoms with Crippen LogP contribution in [0.3, 0.4) is 0 Å². The van der Waals surface area contributed by atoms with Crippen molar-refractivity contribution in [3.05, 3.63) is 65.2 Å². The highest BCUT2D eigenvalue weighted by Gasteiger charge is 2.30. The van der Waals surface area contributed by atoms with E-state index in [0.717, 1.165) is 24.3 Å². The molecule has 124 valence electrons. The number of anilines is 1. The van der Waals surface area contributed by atoms with E-state index in [1.54, 1.807) is 11.9 Å². The van der Waals surface area contributed by atoms with Crippen molar-refractivity contribution in [3.63, 3.8) is 0 Å². The molecule has 0 aliphatic rings. The van der Waals surface area contributed by atoms with Crippen molar-refractivity contribution in [2.45, 2.75) is 18.9 Å². The fourth-order valence-electron chi connectivity index (χ4n) is 2.07. The van der Waals surface area contributed by atoms with Crippen LogP contribution in [0.5, 0.6) is 0 Å². The molecule has 0 bridgehead atoms. The van der Waals surface area contributed by atoms with Crippen LogP contribution in [0.1, 0.15) is 16.7 Å². The molecule has 1 nitrogen and oxygen atoms in total. The molecule has 0 saturated carbocycles. The Morgan fingerprint density at radius 3 is 1.48 bits per heavy atom. The predicted molar refractivity (Wildman–Crippen MR) is 75.0 cm³/mol. The van der Waals surface area contributed by atoms with Crippen LogP contribution in [0.2, 0.25) is 0 Å². The summed E-state index contributed by atoms with van der Waals surface area (Å²) in [6.45, 7) is 0.281. The number of nitrogens with zero attached hydrogens (tertiary/aromatic N) is 1. The van der Waals surface area contributed by atoms with Crippen LogP contribution in [0.4, 0.5) is 32.0 Å². The Labute approximate surface area is 129 Å². The fraction of sp³-hybridized carbons (Fsp3) is 0.250. The van der Waals surface area contributed by atoms with Crippen LogP contribution in [0, 0.1) is 0 Å². The van der Waals surface area contributed by atoms with Crippen molar-refractivity contribution >= 4 is 5.69 Å². The van der Waals surface area contributed by atoms with Crippen LogP contribution in [0.15, 0.2) is 48.5 Å². The molecular formula is C16H13F6N. The van der Waals surface area contributed by atoms with E-state index in [1.165, 1.54) is 24.3 Å². The zero-order chi connectivity index (χ0) is 17.3. The van der Waals surface area contributed by atoms with Gasteiger partial charge in [-0.1, -0.05) is 12.1 Å². The van der Waals surface area contributed by atoms with E-state index in [2.05, 4.69) is 0 Å². The molecule has 2 aromatic rings. The lowest BCUT2D eigenvalue weighted by atomic mass is 10.1.